The highest BCUT2D eigenvalue weighted by molar-refractivity contribution is 7.18. The van der Waals surface area contributed by atoms with E-state index >= 15 is 0 Å². The molecule has 0 aliphatic heterocycles. The van der Waals surface area contributed by atoms with Crippen molar-refractivity contribution in [3.05, 3.63) is 10.9 Å². The third-order valence-electron chi connectivity index (χ3n) is 3.41. The van der Waals surface area contributed by atoms with Gasteiger partial charge in [0.05, 0.1) is 5.39 Å². The maximum Gasteiger partial charge on any atom is 0.225 e. The quantitative estimate of drug-likeness (QED) is 0.823. The molecule has 0 aliphatic rings. The number of aromatic nitrogens is 2. The Bertz CT molecular complexity index is 593. The van der Waals surface area contributed by atoms with Crippen LogP contribution in [0.3, 0.4) is 0 Å². The molecule has 1 unspecified atom stereocenters. The molecule has 1 atom stereocenters. The number of nitrogens with one attached hydrogen (secondary N) is 2. The number of nitrogens with zero attached hydrogens (tertiary/aromatic N) is 3. The number of rotatable bonds is 7. The summed E-state index contributed by atoms with van der Waals surface area (Å²) in [7, 11) is 6.05. The molecule has 0 radical (unpaired) electrons. The molecule has 0 aliphatic carbocycles. The molecule has 0 aromatic carbocycles. The third-order valence-corrected chi connectivity index (χ3v) is 4.58. The van der Waals surface area contributed by atoms with Gasteiger partial charge in [-0.2, -0.15) is 4.98 Å². The fourth-order valence-electron chi connectivity index (χ4n) is 2.12. The smallest absolute Gasteiger partial charge is 0.225 e. The highest BCUT2D eigenvalue weighted by Gasteiger charge is 2.13. The molecule has 116 valence electrons. The molecule has 0 spiro atoms. The SMILES string of the molecule is CCc1cc2c(NC(C)CCN(C)C)nc(NC)nc2s1. The van der Waals surface area contributed by atoms with Gasteiger partial charge < -0.3 is 15.5 Å². The largest absolute Gasteiger partial charge is 0.367 e. The Balaban J connectivity index is 2.26. The van der Waals surface area contributed by atoms with Crippen LogP contribution in [0.4, 0.5) is 11.8 Å². The van der Waals surface area contributed by atoms with E-state index in [-0.39, 0.29) is 0 Å². The zero-order valence-electron chi connectivity index (χ0n) is 13.5. The molecule has 0 amide bonds. The average molecular weight is 307 g/mol. The van der Waals surface area contributed by atoms with Crippen molar-refractivity contribution in [2.24, 2.45) is 0 Å². The minimum atomic E-state index is 0.375. The second-order valence-corrected chi connectivity index (χ2v) is 6.68. The molecule has 2 rings (SSSR count). The van der Waals surface area contributed by atoms with Crippen LogP contribution >= 0.6 is 11.3 Å². The predicted molar refractivity (Wildman–Crippen MR) is 92.6 cm³/mol. The van der Waals surface area contributed by atoms with Crippen LogP contribution < -0.4 is 10.6 Å². The minimum Gasteiger partial charge on any atom is -0.367 e. The Morgan fingerprint density at radius 1 is 1.33 bits per heavy atom. The molecule has 2 aromatic heterocycles. The molecule has 0 saturated carbocycles. The Morgan fingerprint density at radius 3 is 2.71 bits per heavy atom. The number of hydrogen-bond donors (Lipinski definition) is 2. The first-order valence-corrected chi connectivity index (χ1v) is 8.24. The molecule has 2 aromatic rings. The number of fused-ring (bicyclic) bond motifs is 1. The number of hydrogen-bond acceptors (Lipinski definition) is 6. The normalized spacial score (nSPS) is 12.9. The minimum absolute atomic E-state index is 0.375. The summed E-state index contributed by atoms with van der Waals surface area (Å²) in [5.41, 5.74) is 0. The number of thiophene rings is 1. The summed E-state index contributed by atoms with van der Waals surface area (Å²) in [5.74, 6) is 1.61. The zero-order chi connectivity index (χ0) is 15.4. The van der Waals surface area contributed by atoms with E-state index in [4.69, 9.17) is 0 Å². The second kappa shape index (κ2) is 7.04. The molecule has 2 N–H and O–H groups in total. The summed E-state index contributed by atoms with van der Waals surface area (Å²) in [6.07, 6.45) is 2.11. The maximum absolute atomic E-state index is 4.59. The fraction of sp³-hybridized carbons (Fsp3) is 0.600. The van der Waals surface area contributed by atoms with Gasteiger partial charge in [-0.25, -0.2) is 4.98 Å². The van der Waals surface area contributed by atoms with Gasteiger partial charge in [0.15, 0.2) is 0 Å². The van der Waals surface area contributed by atoms with E-state index in [9.17, 15) is 0 Å². The lowest BCUT2D eigenvalue weighted by Crippen LogP contribution is -2.23. The van der Waals surface area contributed by atoms with Crippen LogP contribution in [-0.2, 0) is 6.42 Å². The van der Waals surface area contributed by atoms with Crippen molar-refractivity contribution < 1.29 is 0 Å². The standard InChI is InChI=1S/C15H25N5S/c1-6-11-9-12-13(17-10(2)7-8-20(4)5)18-15(16-3)19-14(12)21-11/h9-10H,6-8H2,1-5H3,(H2,16,17,18,19). The molecule has 0 fully saturated rings. The number of aryl methyl sites for hydroxylation is 1. The van der Waals surface area contributed by atoms with E-state index in [0.717, 1.165) is 35.4 Å². The topological polar surface area (TPSA) is 53.1 Å². The van der Waals surface area contributed by atoms with Crippen LogP contribution in [0.5, 0.6) is 0 Å². The van der Waals surface area contributed by atoms with Crippen LogP contribution in [0.15, 0.2) is 6.07 Å². The van der Waals surface area contributed by atoms with Crippen LogP contribution in [0.25, 0.3) is 10.2 Å². The lowest BCUT2D eigenvalue weighted by molar-refractivity contribution is 0.390. The van der Waals surface area contributed by atoms with E-state index in [1.54, 1.807) is 11.3 Å². The van der Waals surface area contributed by atoms with Crippen LogP contribution in [0.1, 0.15) is 25.1 Å². The van der Waals surface area contributed by atoms with Gasteiger partial charge in [0.2, 0.25) is 5.95 Å². The van der Waals surface area contributed by atoms with E-state index < -0.39 is 0 Å². The van der Waals surface area contributed by atoms with Crippen LogP contribution in [0, 0.1) is 0 Å². The Labute approximate surface area is 130 Å². The van der Waals surface area contributed by atoms with Gasteiger partial charge >= 0.3 is 0 Å². The molecule has 0 bridgehead atoms. The molecule has 6 heteroatoms. The lowest BCUT2D eigenvalue weighted by Gasteiger charge is -2.18. The van der Waals surface area contributed by atoms with Gasteiger partial charge in [-0.3, -0.25) is 0 Å². The Kier molecular flexibility index (Phi) is 5.36. The summed E-state index contributed by atoms with van der Waals surface area (Å²) in [6, 6.07) is 2.58. The van der Waals surface area contributed by atoms with Gasteiger partial charge in [-0.1, -0.05) is 6.92 Å². The van der Waals surface area contributed by atoms with E-state index in [0.29, 0.717) is 12.0 Å². The second-order valence-electron chi connectivity index (χ2n) is 5.57. The van der Waals surface area contributed by atoms with Crippen LogP contribution in [0.2, 0.25) is 0 Å². The predicted octanol–water partition coefficient (Wildman–Crippen LogP) is 3.05. The maximum atomic E-state index is 4.59. The third kappa shape index (κ3) is 4.04. The first-order chi connectivity index (χ1) is 10.0. The summed E-state index contributed by atoms with van der Waals surface area (Å²) in [4.78, 5) is 13.7. The van der Waals surface area contributed by atoms with Gasteiger partial charge in [-0.05, 0) is 46.5 Å². The van der Waals surface area contributed by atoms with Crippen molar-refractivity contribution in [3.63, 3.8) is 0 Å². The van der Waals surface area contributed by atoms with Crippen molar-refractivity contribution in [2.45, 2.75) is 32.7 Å². The highest BCUT2D eigenvalue weighted by atomic mass is 32.1. The van der Waals surface area contributed by atoms with E-state index in [1.165, 1.54) is 4.88 Å². The molecule has 2 heterocycles. The molecule has 5 nitrogen and oxygen atoms in total. The monoisotopic (exact) mass is 307 g/mol. The summed E-state index contributed by atoms with van der Waals surface area (Å²) < 4.78 is 0. The molecular formula is C15H25N5S. The van der Waals surface area contributed by atoms with Crippen molar-refractivity contribution in [3.8, 4) is 0 Å². The lowest BCUT2D eigenvalue weighted by atomic mass is 10.2. The van der Waals surface area contributed by atoms with E-state index in [1.807, 2.05) is 7.05 Å². The van der Waals surface area contributed by atoms with Gasteiger partial charge in [0.1, 0.15) is 10.6 Å². The molecule has 21 heavy (non-hydrogen) atoms. The first kappa shape index (κ1) is 16.0. The summed E-state index contributed by atoms with van der Waals surface area (Å²) in [6.45, 7) is 5.43. The van der Waals surface area contributed by atoms with Crippen molar-refractivity contribution in [1.29, 1.82) is 0 Å². The Morgan fingerprint density at radius 2 is 2.10 bits per heavy atom. The van der Waals surface area contributed by atoms with Gasteiger partial charge in [0, 0.05) is 18.0 Å². The van der Waals surface area contributed by atoms with Crippen LogP contribution in [-0.4, -0.2) is 48.6 Å². The van der Waals surface area contributed by atoms with E-state index in [2.05, 4.69) is 59.5 Å². The zero-order valence-corrected chi connectivity index (χ0v) is 14.3. The highest BCUT2D eigenvalue weighted by Crippen LogP contribution is 2.30. The van der Waals surface area contributed by atoms with Crippen molar-refractivity contribution in [2.75, 3.05) is 38.3 Å². The summed E-state index contributed by atoms with van der Waals surface area (Å²) >= 11 is 1.75. The van der Waals surface area contributed by atoms with Crippen molar-refractivity contribution in [1.82, 2.24) is 14.9 Å². The Hall–Kier alpha value is -1.40. The van der Waals surface area contributed by atoms with Crippen molar-refractivity contribution >= 4 is 33.3 Å². The first-order valence-electron chi connectivity index (χ1n) is 7.43. The summed E-state index contributed by atoms with van der Waals surface area (Å²) in [5, 5.41) is 7.72. The fourth-order valence-corrected chi connectivity index (χ4v) is 3.09. The average Bonchev–Trinajstić information content (AvgIpc) is 2.88. The van der Waals surface area contributed by atoms with Gasteiger partial charge in [-0.15, -0.1) is 11.3 Å². The molecule has 0 saturated heterocycles. The number of anilines is 2. The van der Waals surface area contributed by atoms with Gasteiger partial charge in [0.25, 0.3) is 0 Å². The molecular weight excluding hydrogens is 282 g/mol.